The second kappa shape index (κ2) is 7.73. The van der Waals surface area contributed by atoms with Crippen LogP contribution in [0.4, 0.5) is 0 Å². The van der Waals surface area contributed by atoms with Crippen molar-refractivity contribution in [1.29, 1.82) is 0 Å². The third kappa shape index (κ3) is 6.28. The van der Waals surface area contributed by atoms with Gasteiger partial charge in [-0.2, -0.15) is 0 Å². The van der Waals surface area contributed by atoms with Gasteiger partial charge in [0.25, 0.3) is 0 Å². The fourth-order valence-corrected chi connectivity index (χ4v) is 1.82. The maximum atomic E-state index is 6.25. The largest absolute Gasteiger partial charge is 0.493 e. The summed E-state index contributed by atoms with van der Waals surface area (Å²) in [6.07, 6.45) is 0.870. The Bertz CT molecular complexity index is 388. The predicted octanol–water partition coefficient (Wildman–Crippen LogP) is 3.64. The normalized spacial score (nSPS) is 11.6. The summed E-state index contributed by atoms with van der Waals surface area (Å²) in [5.41, 5.74) is 1.06. The van der Waals surface area contributed by atoms with E-state index in [1.165, 1.54) is 0 Å². The highest BCUT2D eigenvalue weighted by molar-refractivity contribution is 6.31. The van der Waals surface area contributed by atoms with Crippen LogP contribution in [0, 0.1) is 0 Å². The lowest BCUT2D eigenvalue weighted by Gasteiger charge is -2.22. The molecule has 0 aliphatic carbocycles. The molecule has 0 heterocycles. The topological polar surface area (TPSA) is 30.5 Å². The van der Waals surface area contributed by atoms with E-state index in [4.69, 9.17) is 21.1 Å². The van der Waals surface area contributed by atoms with E-state index in [1.54, 1.807) is 7.11 Å². The molecule has 19 heavy (non-hydrogen) atoms. The molecule has 1 N–H and O–H groups in total. The van der Waals surface area contributed by atoms with Crippen LogP contribution >= 0.6 is 11.6 Å². The van der Waals surface area contributed by atoms with Crippen molar-refractivity contribution in [2.45, 2.75) is 39.3 Å². The molecule has 1 aromatic carbocycles. The van der Waals surface area contributed by atoms with Crippen LogP contribution in [-0.4, -0.2) is 25.9 Å². The molecule has 0 aliphatic heterocycles. The van der Waals surface area contributed by atoms with E-state index < -0.39 is 0 Å². The highest BCUT2D eigenvalue weighted by Gasteiger charge is 2.13. The molecule has 0 bridgehead atoms. The summed E-state index contributed by atoms with van der Waals surface area (Å²) in [5, 5.41) is 4.17. The molecular formula is C15H24ClNO2. The fraction of sp³-hybridized carbons (Fsp3) is 0.600. The van der Waals surface area contributed by atoms with Gasteiger partial charge in [-0.15, -0.1) is 0 Å². The van der Waals surface area contributed by atoms with E-state index in [-0.39, 0.29) is 5.54 Å². The number of hydrogen-bond donors (Lipinski definition) is 1. The van der Waals surface area contributed by atoms with Gasteiger partial charge in [-0.3, -0.25) is 0 Å². The highest BCUT2D eigenvalue weighted by Crippen LogP contribution is 2.27. The van der Waals surface area contributed by atoms with Crippen molar-refractivity contribution in [3.63, 3.8) is 0 Å². The summed E-state index contributed by atoms with van der Waals surface area (Å²) in [4.78, 5) is 0. The molecular weight excluding hydrogens is 262 g/mol. The molecule has 0 unspecified atom stereocenters. The van der Waals surface area contributed by atoms with Crippen LogP contribution in [0.25, 0.3) is 0 Å². The third-order valence-corrected chi connectivity index (χ3v) is 2.98. The van der Waals surface area contributed by atoms with E-state index in [2.05, 4.69) is 26.1 Å². The standard InChI is InChI=1S/C15H24ClNO2/c1-15(2,3)17-11-12-13(16)7-5-8-14(12)19-10-6-9-18-4/h5,7-8,17H,6,9-11H2,1-4H3. The minimum Gasteiger partial charge on any atom is -0.493 e. The lowest BCUT2D eigenvalue weighted by atomic mass is 10.1. The number of methoxy groups -OCH3 is 1. The molecule has 0 aliphatic rings. The van der Waals surface area contributed by atoms with Gasteiger partial charge in [-0.1, -0.05) is 17.7 Å². The van der Waals surface area contributed by atoms with Crippen LogP contribution in [0.3, 0.4) is 0 Å². The van der Waals surface area contributed by atoms with Crippen molar-refractivity contribution in [3.05, 3.63) is 28.8 Å². The van der Waals surface area contributed by atoms with Crippen LogP contribution in [0.2, 0.25) is 5.02 Å². The molecule has 108 valence electrons. The summed E-state index contributed by atoms with van der Waals surface area (Å²) in [6, 6.07) is 5.76. The number of nitrogens with one attached hydrogen (secondary N) is 1. The molecule has 0 aromatic heterocycles. The molecule has 4 heteroatoms. The lowest BCUT2D eigenvalue weighted by Crippen LogP contribution is -2.35. The first-order chi connectivity index (χ1) is 8.94. The molecule has 0 fully saturated rings. The van der Waals surface area contributed by atoms with Crippen LogP contribution < -0.4 is 10.1 Å². The Kier molecular flexibility index (Phi) is 6.63. The number of ether oxygens (including phenoxy) is 2. The minimum atomic E-state index is 0.0481. The minimum absolute atomic E-state index is 0.0481. The Morgan fingerprint density at radius 2 is 1.95 bits per heavy atom. The van der Waals surface area contributed by atoms with E-state index >= 15 is 0 Å². The lowest BCUT2D eigenvalue weighted by molar-refractivity contribution is 0.171. The fourth-order valence-electron chi connectivity index (χ4n) is 1.58. The van der Waals surface area contributed by atoms with Crippen molar-refractivity contribution in [2.24, 2.45) is 0 Å². The summed E-state index contributed by atoms with van der Waals surface area (Å²) >= 11 is 6.25. The monoisotopic (exact) mass is 285 g/mol. The van der Waals surface area contributed by atoms with Gasteiger partial charge in [-0.05, 0) is 32.9 Å². The maximum Gasteiger partial charge on any atom is 0.125 e. The Morgan fingerprint density at radius 1 is 1.21 bits per heavy atom. The Balaban J connectivity index is 2.66. The molecule has 0 amide bonds. The van der Waals surface area contributed by atoms with Gasteiger partial charge in [-0.25, -0.2) is 0 Å². The summed E-state index contributed by atoms with van der Waals surface area (Å²) in [6.45, 7) is 8.42. The van der Waals surface area contributed by atoms with E-state index in [1.807, 2.05) is 18.2 Å². The van der Waals surface area contributed by atoms with Crippen molar-refractivity contribution < 1.29 is 9.47 Å². The molecule has 0 saturated heterocycles. The number of hydrogen-bond acceptors (Lipinski definition) is 3. The Labute approximate surface area is 121 Å². The van der Waals surface area contributed by atoms with Gasteiger partial charge in [0.1, 0.15) is 5.75 Å². The first-order valence-corrected chi connectivity index (χ1v) is 6.96. The SMILES string of the molecule is COCCCOc1cccc(Cl)c1CNC(C)(C)C. The molecule has 0 radical (unpaired) electrons. The first kappa shape index (κ1) is 16.3. The average Bonchev–Trinajstić information content (AvgIpc) is 2.32. The quantitative estimate of drug-likeness (QED) is 0.776. The number of benzene rings is 1. The molecule has 1 rings (SSSR count). The first-order valence-electron chi connectivity index (χ1n) is 6.58. The maximum absolute atomic E-state index is 6.25. The second-order valence-corrected chi connectivity index (χ2v) is 5.92. The van der Waals surface area contributed by atoms with Crippen molar-refractivity contribution >= 4 is 11.6 Å². The van der Waals surface area contributed by atoms with Crippen molar-refractivity contribution in [3.8, 4) is 5.75 Å². The molecule has 1 aromatic rings. The number of halogens is 1. The molecule has 3 nitrogen and oxygen atoms in total. The zero-order valence-corrected chi connectivity index (χ0v) is 13.0. The van der Waals surface area contributed by atoms with Crippen molar-refractivity contribution in [1.82, 2.24) is 5.32 Å². The molecule has 0 saturated carbocycles. The second-order valence-electron chi connectivity index (χ2n) is 5.51. The zero-order valence-electron chi connectivity index (χ0n) is 12.3. The van der Waals surface area contributed by atoms with Crippen LogP contribution in [0.5, 0.6) is 5.75 Å². The highest BCUT2D eigenvalue weighted by atomic mass is 35.5. The van der Waals surface area contributed by atoms with Gasteiger partial charge >= 0.3 is 0 Å². The number of rotatable bonds is 7. The van der Waals surface area contributed by atoms with Crippen LogP contribution in [-0.2, 0) is 11.3 Å². The van der Waals surface area contributed by atoms with Gasteiger partial charge in [0.15, 0.2) is 0 Å². The average molecular weight is 286 g/mol. The van der Waals surface area contributed by atoms with E-state index in [0.717, 1.165) is 22.8 Å². The predicted molar refractivity (Wildman–Crippen MR) is 80.0 cm³/mol. The van der Waals surface area contributed by atoms with E-state index in [0.29, 0.717) is 19.8 Å². The molecule has 0 spiro atoms. The molecule has 0 atom stereocenters. The van der Waals surface area contributed by atoms with Crippen LogP contribution in [0.1, 0.15) is 32.8 Å². The summed E-state index contributed by atoms with van der Waals surface area (Å²) in [5.74, 6) is 0.848. The summed E-state index contributed by atoms with van der Waals surface area (Å²) in [7, 11) is 1.69. The Morgan fingerprint density at radius 3 is 2.58 bits per heavy atom. The van der Waals surface area contributed by atoms with Crippen molar-refractivity contribution in [2.75, 3.05) is 20.3 Å². The Hall–Kier alpha value is -0.770. The summed E-state index contributed by atoms with van der Waals surface area (Å²) < 4.78 is 10.8. The van der Waals surface area contributed by atoms with Gasteiger partial charge in [0, 0.05) is 42.8 Å². The van der Waals surface area contributed by atoms with Crippen LogP contribution in [0.15, 0.2) is 18.2 Å². The smallest absolute Gasteiger partial charge is 0.125 e. The third-order valence-electron chi connectivity index (χ3n) is 2.62. The van der Waals surface area contributed by atoms with E-state index in [9.17, 15) is 0 Å². The van der Waals surface area contributed by atoms with Gasteiger partial charge in [0.05, 0.1) is 6.61 Å². The van der Waals surface area contributed by atoms with Gasteiger partial charge < -0.3 is 14.8 Å². The van der Waals surface area contributed by atoms with Gasteiger partial charge in [0.2, 0.25) is 0 Å². The zero-order chi connectivity index (χ0) is 14.3.